The number of benzene rings is 1. The number of phenols is 3. The van der Waals surface area contributed by atoms with E-state index < -0.39 is 74.0 Å². The molecule has 0 heterocycles. The van der Waals surface area contributed by atoms with Gasteiger partial charge in [0.05, 0.1) is 10.8 Å². The second-order valence-corrected chi connectivity index (χ2v) is 12.8. The van der Waals surface area contributed by atoms with Crippen molar-refractivity contribution in [3.63, 3.8) is 0 Å². The molecule has 8 heteroatoms. The molecule has 0 bridgehead atoms. The van der Waals surface area contributed by atoms with Gasteiger partial charge >= 0.3 is 0 Å². The van der Waals surface area contributed by atoms with E-state index in [0.29, 0.717) is 12.8 Å². The summed E-state index contributed by atoms with van der Waals surface area (Å²) >= 11 is 0. The molecule has 0 saturated heterocycles. The van der Waals surface area contributed by atoms with E-state index in [-0.39, 0.29) is 36.3 Å². The number of phenolic OH excluding ortho intramolecular Hbond substituents is 3. The lowest BCUT2D eigenvalue weighted by Gasteiger charge is -2.41. The van der Waals surface area contributed by atoms with Gasteiger partial charge in [-0.15, -0.1) is 0 Å². The average molecular weight is 573 g/mol. The molecule has 2 rings (SSSR count). The molecule has 0 amide bonds. The molecule has 4 N–H and O–H groups in total. The standard InChI is InChI=1S/C33H48O8/c1-9-11-13-15-20(34)24-26(36)22(27(37)25(28(24)38)21(35)16-14-12-10-2)19(17-18(3)4)23-29(39)32(5,6)31(41)33(7,8)30(23)40/h18-19,36-39H,9-17H2,1-8H3. The second-order valence-electron chi connectivity index (χ2n) is 12.8. The number of aliphatic hydroxyl groups is 1. The largest absolute Gasteiger partial charge is 0.511 e. The van der Waals surface area contributed by atoms with Crippen LogP contribution in [0, 0.1) is 16.7 Å². The molecule has 228 valence electrons. The van der Waals surface area contributed by atoms with Crippen molar-refractivity contribution in [2.45, 2.75) is 119 Å². The Balaban J connectivity index is 3.00. The summed E-state index contributed by atoms with van der Waals surface area (Å²) in [4.78, 5) is 53.8. The molecule has 1 aromatic rings. The summed E-state index contributed by atoms with van der Waals surface area (Å²) in [6.07, 6.45) is 4.27. The Labute approximate surface area is 243 Å². The molecule has 0 spiro atoms. The Kier molecular flexibility index (Phi) is 11.0. The smallest absolute Gasteiger partial charge is 0.175 e. The van der Waals surface area contributed by atoms with Gasteiger partial charge in [-0.1, -0.05) is 53.4 Å². The van der Waals surface area contributed by atoms with Crippen LogP contribution in [0.5, 0.6) is 17.2 Å². The number of Topliss-reactive ketones (excluding diaryl/α,β-unsaturated/α-hetero) is 4. The average Bonchev–Trinajstić information content (AvgIpc) is 2.87. The first-order valence-corrected chi connectivity index (χ1v) is 14.9. The number of hydrogen-bond donors (Lipinski definition) is 4. The fraction of sp³-hybridized carbons (Fsp3) is 0.636. The molecule has 0 fully saturated rings. The van der Waals surface area contributed by atoms with E-state index >= 15 is 0 Å². The van der Waals surface area contributed by atoms with Crippen molar-refractivity contribution < 1.29 is 39.6 Å². The number of unbranched alkanes of at least 4 members (excludes halogenated alkanes) is 4. The van der Waals surface area contributed by atoms with Gasteiger partial charge in [-0.05, 0) is 52.9 Å². The van der Waals surface area contributed by atoms with E-state index in [1.807, 2.05) is 27.7 Å². The lowest BCUT2D eigenvalue weighted by Crippen LogP contribution is -2.49. The molecule has 0 saturated carbocycles. The highest BCUT2D eigenvalue weighted by Gasteiger charge is 2.55. The van der Waals surface area contributed by atoms with Crippen molar-refractivity contribution in [3.8, 4) is 17.2 Å². The number of allylic oxidation sites excluding steroid dienone is 2. The van der Waals surface area contributed by atoms with Crippen LogP contribution in [0.3, 0.4) is 0 Å². The first-order chi connectivity index (χ1) is 19.0. The minimum Gasteiger partial charge on any atom is -0.511 e. The Morgan fingerprint density at radius 2 is 1.15 bits per heavy atom. The highest BCUT2D eigenvalue weighted by atomic mass is 16.3. The Morgan fingerprint density at radius 1 is 0.707 bits per heavy atom. The van der Waals surface area contributed by atoms with Crippen molar-refractivity contribution in [2.75, 3.05) is 0 Å². The third kappa shape index (κ3) is 6.52. The molecule has 8 nitrogen and oxygen atoms in total. The van der Waals surface area contributed by atoms with E-state index in [9.17, 15) is 39.6 Å². The van der Waals surface area contributed by atoms with Crippen LogP contribution in [0.25, 0.3) is 0 Å². The SMILES string of the molecule is CCCCCC(=O)c1c(O)c(C(=O)CCCCC)c(O)c(C(CC(C)C)C2=C(O)C(C)(C)C(=O)C(C)(C)C2=O)c1O. The zero-order valence-corrected chi connectivity index (χ0v) is 25.9. The van der Waals surface area contributed by atoms with Crippen LogP contribution in [-0.2, 0) is 9.59 Å². The van der Waals surface area contributed by atoms with Crippen LogP contribution in [0.15, 0.2) is 11.3 Å². The predicted octanol–water partition coefficient (Wildman–Crippen LogP) is 7.48. The Bertz CT molecular complexity index is 1180. The summed E-state index contributed by atoms with van der Waals surface area (Å²) in [5, 5.41) is 45.7. The van der Waals surface area contributed by atoms with Crippen molar-refractivity contribution in [3.05, 3.63) is 28.0 Å². The maximum absolute atomic E-state index is 13.8. The molecule has 0 aromatic heterocycles. The van der Waals surface area contributed by atoms with Crippen LogP contribution in [0.4, 0.5) is 0 Å². The summed E-state index contributed by atoms with van der Waals surface area (Å²) < 4.78 is 0. The predicted molar refractivity (Wildman–Crippen MR) is 158 cm³/mol. The van der Waals surface area contributed by atoms with Crippen LogP contribution >= 0.6 is 0 Å². The number of hydrogen-bond acceptors (Lipinski definition) is 8. The van der Waals surface area contributed by atoms with Gasteiger partial charge < -0.3 is 20.4 Å². The minimum absolute atomic E-state index is 0.00106. The zero-order chi connectivity index (χ0) is 31.4. The van der Waals surface area contributed by atoms with Gasteiger partial charge in [-0.3, -0.25) is 19.2 Å². The highest BCUT2D eigenvalue weighted by Crippen LogP contribution is 2.54. The van der Waals surface area contributed by atoms with Gasteiger partial charge in [-0.25, -0.2) is 0 Å². The van der Waals surface area contributed by atoms with Crippen LogP contribution in [0.1, 0.15) is 145 Å². The monoisotopic (exact) mass is 572 g/mol. The quantitative estimate of drug-likeness (QED) is 0.102. The first-order valence-electron chi connectivity index (χ1n) is 14.9. The van der Waals surface area contributed by atoms with Gasteiger partial charge in [0, 0.05) is 29.9 Å². The summed E-state index contributed by atoms with van der Waals surface area (Å²) in [6.45, 7) is 13.6. The van der Waals surface area contributed by atoms with E-state index in [4.69, 9.17) is 0 Å². The molecule has 1 unspecified atom stereocenters. The number of carbonyl (C=O) groups excluding carboxylic acids is 4. The molecular weight excluding hydrogens is 524 g/mol. The lowest BCUT2D eigenvalue weighted by atomic mass is 9.60. The molecular formula is C33H48O8. The third-order valence-corrected chi connectivity index (χ3v) is 8.23. The number of aliphatic hydroxyl groups excluding tert-OH is 1. The number of ketones is 4. The molecule has 0 radical (unpaired) electrons. The van der Waals surface area contributed by atoms with Gasteiger partial charge in [0.15, 0.2) is 23.1 Å². The Morgan fingerprint density at radius 3 is 1.54 bits per heavy atom. The van der Waals surface area contributed by atoms with Gasteiger partial charge in [-0.2, -0.15) is 0 Å². The van der Waals surface area contributed by atoms with E-state index in [1.54, 1.807) is 0 Å². The number of aromatic hydroxyl groups is 3. The third-order valence-electron chi connectivity index (χ3n) is 8.23. The van der Waals surface area contributed by atoms with Crippen LogP contribution in [-0.4, -0.2) is 43.6 Å². The fourth-order valence-corrected chi connectivity index (χ4v) is 5.86. The highest BCUT2D eigenvalue weighted by molar-refractivity contribution is 6.19. The fourth-order valence-electron chi connectivity index (χ4n) is 5.86. The molecule has 1 aliphatic carbocycles. The van der Waals surface area contributed by atoms with Gasteiger partial charge in [0.2, 0.25) is 0 Å². The Hall–Kier alpha value is -3.16. The molecule has 1 aromatic carbocycles. The van der Waals surface area contributed by atoms with Crippen molar-refractivity contribution in [1.82, 2.24) is 0 Å². The summed E-state index contributed by atoms with van der Waals surface area (Å²) in [5.74, 6) is -6.34. The van der Waals surface area contributed by atoms with E-state index in [2.05, 4.69) is 0 Å². The minimum atomic E-state index is -1.51. The first kappa shape index (κ1) is 34.0. The van der Waals surface area contributed by atoms with Crippen LogP contribution in [0.2, 0.25) is 0 Å². The topological polar surface area (TPSA) is 149 Å². The molecule has 41 heavy (non-hydrogen) atoms. The van der Waals surface area contributed by atoms with E-state index in [1.165, 1.54) is 27.7 Å². The van der Waals surface area contributed by atoms with E-state index in [0.717, 1.165) is 25.7 Å². The van der Waals surface area contributed by atoms with Crippen LogP contribution < -0.4 is 0 Å². The summed E-state index contributed by atoms with van der Waals surface area (Å²) in [6, 6.07) is 0. The maximum Gasteiger partial charge on any atom is 0.175 e. The van der Waals surface area contributed by atoms with Crippen molar-refractivity contribution in [1.29, 1.82) is 0 Å². The number of rotatable bonds is 14. The molecule has 1 atom stereocenters. The van der Waals surface area contributed by atoms with Gasteiger partial charge in [0.1, 0.15) is 34.1 Å². The van der Waals surface area contributed by atoms with Gasteiger partial charge in [0.25, 0.3) is 0 Å². The maximum atomic E-state index is 13.8. The second kappa shape index (κ2) is 13.2. The normalized spacial score (nSPS) is 17.3. The number of carbonyl (C=O) groups is 4. The van der Waals surface area contributed by atoms with Crippen molar-refractivity contribution >= 4 is 23.1 Å². The molecule has 1 aliphatic rings. The lowest BCUT2D eigenvalue weighted by molar-refractivity contribution is -0.144. The summed E-state index contributed by atoms with van der Waals surface area (Å²) in [5.41, 5.74) is -4.33. The molecule has 0 aliphatic heterocycles. The van der Waals surface area contributed by atoms with Crippen molar-refractivity contribution in [2.24, 2.45) is 16.7 Å². The zero-order valence-electron chi connectivity index (χ0n) is 25.9. The summed E-state index contributed by atoms with van der Waals surface area (Å²) in [7, 11) is 0.